The number of hydrogen-bond donors (Lipinski definition) is 3. The second kappa shape index (κ2) is 8.74. The van der Waals surface area contributed by atoms with E-state index < -0.39 is 23.6 Å². The largest absolute Gasteiger partial charge is 0.494 e. The van der Waals surface area contributed by atoms with Crippen LogP contribution < -0.4 is 21.1 Å². The summed E-state index contributed by atoms with van der Waals surface area (Å²) in [6, 6.07) is 2.84. The minimum absolute atomic E-state index is 0.0852. The number of methoxy groups -OCH3 is 1. The van der Waals surface area contributed by atoms with E-state index in [4.69, 9.17) is 10.5 Å². The topological polar surface area (TPSA) is 115 Å². The number of fused-ring (bicyclic) bond motifs is 1. The Kier molecular flexibility index (Phi) is 6.13. The van der Waals surface area contributed by atoms with Crippen LogP contribution in [-0.2, 0) is 0 Å². The third kappa shape index (κ3) is 4.21. The first-order valence-corrected chi connectivity index (χ1v) is 8.86. The van der Waals surface area contributed by atoms with Crippen LogP contribution in [0.2, 0.25) is 0 Å². The molecule has 0 spiro atoms. The van der Waals surface area contributed by atoms with Crippen LogP contribution in [0.5, 0.6) is 5.75 Å². The van der Waals surface area contributed by atoms with Gasteiger partial charge in [-0.15, -0.1) is 0 Å². The van der Waals surface area contributed by atoms with Crippen molar-refractivity contribution in [2.75, 3.05) is 25.5 Å². The van der Waals surface area contributed by atoms with Crippen LogP contribution in [0.4, 0.5) is 14.6 Å². The lowest BCUT2D eigenvalue weighted by Gasteiger charge is -2.22. The first-order valence-electron chi connectivity index (χ1n) is 8.86. The molecular formula is C19H20F2N6O2. The summed E-state index contributed by atoms with van der Waals surface area (Å²) < 4.78 is 33.7. The molecule has 0 bridgehead atoms. The van der Waals surface area contributed by atoms with Crippen LogP contribution in [-0.4, -0.2) is 41.1 Å². The number of likely N-dealkylation sites (N-methyl/N-ethyl adjacent to an activating group) is 1. The molecule has 0 aliphatic rings. The highest BCUT2D eigenvalue weighted by molar-refractivity contribution is 6.05. The van der Waals surface area contributed by atoms with E-state index in [1.165, 1.54) is 25.7 Å². The number of nitrogens with two attached hydrogens (primary N) is 1. The number of halogens is 2. The van der Waals surface area contributed by atoms with Gasteiger partial charge in [-0.3, -0.25) is 9.78 Å². The van der Waals surface area contributed by atoms with Crippen LogP contribution in [0.15, 0.2) is 30.7 Å². The first kappa shape index (κ1) is 20.3. The number of nitrogens with zero attached hydrogens (tertiary/aromatic N) is 3. The molecule has 1 aromatic carbocycles. The SMILES string of the molecule is CCNCC(Nc1ncnc2c(C(N)=O)ccnc12)c1cc(F)c(OC)cc1F. The standard InChI is InChI=1S/C19H20F2N6O2/c1-3-23-8-14(11-6-13(21)15(29-2)7-12(11)20)27-19-17-16(25-9-26-19)10(18(22)28)4-5-24-17/h4-7,9,14,23H,3,8H2,1-2H3,(H2,22,28)(H,25,26,27). The molecule has 1 amide bonds. The van der Waals surface area contributed by atoms with E-state index in [0.717, 1.165) is 12.1 Å². The smallest absolute Gasteiger partial charge is 0.251 e. The van der Waals surface area contributed by atoms with Gasteiger partial charge < -0.3 is 21.1 Å². The highest BCUT2D eigenvalue weighted by Gasteiger charge is 2.21. The average molecular weight is 402 g/mol. The maximum atomic E-state index is 14.7. The number of amides is 1. The van der Waals surface area contributed by atoms with Gasteiger partial charge >= 0.3 is 0 Å². The van der Waals surface area contributed by atoms with E-state index in [-0.39, 0.29) is 34.8 Å². The second-order valence-corrected chi connectivity index (χ2v) is 6.16. The molecule has 152 valence electrons. The molecule has 0 radical (unpaired) electrons. The fourth-order valence-corrected chi connectivity index (χ4v) is 2.93. The minimum Gasteiger partial charge on any atom is -0.494 e. The molecule has 10 heteroatoms. The Bertz CT molecular complexity index is 1050. The van der Waals surface area contributed by atoms with Gasteiger partial charge in [-0.1, -0.05) is 6.92 Å². The molecule has 4 N–H and O–H groups in total. The molecule has 8 nitrogen and oxygen atoms in total. The molecule has 0 saturated heterocycles. The van der Waals surface area contributed by atoms with Crippen molar-refractivity contribution < 1.29 is 18.3 Å². The predicted molar refractivity (Wildman–Crippen MR) is 104 cm³/mol. The van der Waals surface area contributed by atoms with Crippen molar-refractivity contribution in [2.24, 2.45) is 5.73 Å². The zero-order valence-corrected chi connectivity index (χ0v) is 15.9. The van der Waals surface area contributed by atoms with Gasteiger partial charge in [0.2, 0.25) is 0 Å². The zero-order chi connectivity index (χ0) is 21.0. The summed E-state index contributed by atoms with van der Waals surface area (Å²) in [5, 5.41) is 6.17. The number of carbonyl (C=O) groups is 1. The summed E-state index contributed by atoms with van der Waals surface area (Å²) in [5.74, 6) is -1.91. The molecule has 1 atom stereocenters. The summed E-state index contributed by atoms with van der Waals surface area (Å²) in [4.78, 5) is 24.1. The molecule has 1 unspecified atom stereocenters. The van der Waals surface area contributed by atoms with Crippen LogP contribution in [0.25, 0.3) is 11.0 Å². The Morgan fingerprint density at radius 2 is 2.00 bits per heavy atom. The number of pyridine rings is 1. The van der Waals surface area contributed by atoms with E-state index >= 15 is 0 Å². The average Bonchev–Trinajstić information content (AvgIpc) is 2.72. The third-order valence-electron chi connectivity index (χ3n) is 4.34. The Hall–Kier alpha value is -3.40. The van der Waals surface area contributed by atoms with Crippen LogP contribution >= 0.6 is 0 Å². The van der Waals surface area contributed by atoms with E-state index in [1.54, 1.807) is 0 Å². The van der Waals surface area contributed by atoms with Crippen molar-refractivity contribution in [1.82, 2.24) is 20.3 Å². The first-order chi connectivity index (χ1) is 14.0. The third-order valence-corrected chi connectivity index (χ3v) is 4.34. The van der Waals surface area contributed by atoms with Gasteiger partial charge in [0, 0.05) is 24.4 Å². The van der Waals surface area contributed by atoms with Gasteiger partial charge in [-0.25, -0.2) is 18.7 Å². The number of carbonyl (C=O) groups excluding carboxylic acids is 1. The van der Waals surface area contributed by atoms with Crippen LogP contribution in [0, 0.1) is 11.6 Å². The highest BCUT2D eigenvalue weighted by Crippen LogP contribution is 2.29. The molecule has 2 heterocycles. The van der Waals surface area contributed by atoms with Crippen molar-refractivity contribution >= 4 is 22.8 Å². The molecule has 0 saturated carbocycles. The van der Waals surface area contributed by atoms with Gasteiger partial charge in [0.1, 0.15) is 23.2 Å². The van der Waals surface area contributed by atoms with Crippen molar-refractivity contribution in [2.45, 2.75) is 13.0 Å². The van der Waals surface area contributed by atoms with Crippen molar-refractivity contribution in [1.29, 1.82) is 0 Å². The van der Waals surface area contributed by atoms with Crippen molar-refractivity contribution in [3.8, 4) is 5.75 Å². The van der Waals surface area contributed by atoms with E-state index in [9.17, 15) is 13.6 Å². The Balaban J connectivity index is 2.06. The molecule has 2 aromatic heterocycles. The number of benzene rings is 1. The zero-order valence-electron chi connectivity index (χ0n) is 15.9. The molecule has 3 rings (SSSR count). The molecule has 0 aliphatic heterocycles. The van der Waals surface area contributed by atoms with E-state index in [1.807, 2.05) is 6.92 Å². The fourth-order valence-electron chi connectivity index (χ4n) is 2.93. The second-order valence-electron chi connectivity index (χ2n) is 6.16. The number of aromatic nitrogens is 3. The summed E-state index contributed by atoms with van der Waals surface area (Å²) in [6.45, 7) is 2.79. The summed E-state index contributed by atoms with van der Waals surface area (Å²) >= 11 is 0. The maximum Gasteiger partial charge on any atom is 0.251 e. The molecule has 0 fully saturated rings. The van der Waals surface area contributed by atoms with Gasteiger partial charge in [0.25, 0.3) is 5.91 Å². The van der Waals surface area contributed by atoms with Gasteiger partial charge in [-0.2, -0.15) is 0 Å². The Labute approximate surface area is 165 Å². The summed E-state index contributed by atoms with van der Waals surface area (Å²) in [6.07, 6.45) is 2.65. The van der Waals surface area contributed by atoms with Crippen molar-refractivity contribution in [3.63, 3.8) is 0 Å². The lowest BCUT2D eigenvalue weighted by atomic mass is 10.0. The van der Waals surface area contributed by atoms with Crippen molar-refractivity contribution in [3.05, 3.63) is 53.5 Å². The number of nitrogens with one attached hydrogen (secondary N) is 2. The minimum atomic E-state index is -0.688. The lowest BCUT2D eigenvalue weighted by Crippen LogP contribution is -2.27. The fraction of sp³-hybridized carbons (Fsp3) is 0.263. The molecule has 0 aliphatic carbocycles. The van der Waals surface area contributed by atoms with Crippen LogP contribution in [0.1, 0.15) is 28.9 Å². The van der Waals surface area contributed by atoms with Crippen LogP contribution in [0.3, 0.4) is 0 Å². The molecule has 3 aromatic rings. The van der Waals surface area contributed by atoms with E-state index in [2.05, 4.69) is 25.6 Å². The van der Waals surface area contributed by atoms with E-state index in [0.29, 0.717) is 12.1 Å². The number of anilines is 1. The quantitative estimate of drug-likeness (QED) is 0.529. The Morgan fingerprint density at radius 3 is 2.69 bits per heavy atom. The summed E-state index contributed by atoms with van der Waals surface area (Å²) in [5.41, 5.74) is 6.22. The normalized spacial score (nSPS) is 12.0. The maximum absolute atomic E-state index is 14.7. The van der Waals surface area contributed by atoms with Gasteiger partial charge in [0.15, 0.2) is 17.4 Å². The number of primary amides is 1. The van der Waals surface area contributed by atoms with Gasteiger partial charge in [0.05, 0.1) is 18.7 Å². The number of rotatable bonds is 8. The highest BCUT2D eigenvalue weighted by atomic mass is 19.1. The predicted octanol–water partition coefficient (Wildman–Crippen LogP) is 2.17. The molecular weight excluding hydrogens is 382 g/mol. The number of hydrogen-bond acceptors (Lipinski definition) is 7. The monoisotopic (exact) mass is 402 g/mol. The lowest BCUT2D eigenvalue weighted by molar-refractivity contribution is 0.100. The Morgan fingerprint density at radius 1 is 1.21 bits per heavy atom. The van der Waals surface area contributed by atoms with Gasteiger partial charge in [-0.05, 0) is 18.7 Å². The summed E-state index contributed by atoms with van der Waals surface area (Å²) in [7, 11) is 1.26. The number of ether oxygens (including phenoxy) is 1. The molecule has 29 heavy (non-hydrogen) atoms.